The highest BCUT2D eigenvalue weighted by molar-refractivity contribution is 6.83. The molecule has 0 radical (unpaired) electrons. The van der Waals surface area contributed by atoms with E-state index in [1.807, 2.05) is 6.92 Å². The lowest BCUT2D eigenvalue weighted by Gasteiger charge is -2.31. The molecule has 21 heavy (non-hydrogen) atoms. The first-order valence-corrected chi connectivity index (χ1v) is 11.4. The third kappa shape index (κ3) is 7.28. The highest BCUT2D eigenvalue weighted by Crippen LogP contribution is 2.22. The maximum Gasteiger partial charge on any atom is 0.158 e. The quantitative estimate of drug-likeness (QED) is 0.464. The maximum atomic E-state index is 10.0. The lowest BCUT2D eigenvalue weighted by Crippen LogP contribution is -2.36. The fraction of sp³-hybridized carbons (Fsp3) is 0.765. The van der Waals surface area contributed by atoms with E-state index in [-0.39, 0.29) is 18.3 Å². The molecule has 0 aromatic heterocycles. The second-order valence-electron chi connectivity index (χ2n) is 6.81. The number of hydrogen-bond donors (Lipinski definition) is 1. The smallest absolute Gasteiger partial charge is 0.158 e. The van der Waals surface area contributed by atoms with Gasteiger partial charge in [0.25, 0.3) is 0 Å². The third-order valence-electron chi connectivity index (χ3n) is 3.60. The monoisotopic (exact) mass is 310 g/mol. The van der Waals surface area contributed by atoms with Crippen LogP contribution < -0.4 is 0 Å². The first kappa shape index (κ1) is 18.4. The van der Waals surface area contributed by atoms with Gasteiger partial charge < -0.3 is 14.6 Å². The Bertz CT molecular complexity index is 372. The van der Waals surface area contributed by atoms with Gasteiger partial charge in [0.2, 0.25) is 0 Å². The molecule has 4 heteroatoms. The van der Waals surface area contributed by atoms with Crippen LogP contribution in [0.1, 0.15) is 32.6 Å². The molecular formula is C17H30O3Si. The summed E-state index contributed by atoms with van der Waals surface area (Å²) in [4.78, 5) is 0. The van der Waals surface area contributed by atoms with Crippen LogP contribution in [0.3, 0.4) is 0 Å². The minimum Gasteiger partial charge on any atom is -0.389 e. The van der Waals surface area contributed by atoms with Crippen molar-refractivity contribution in [3.05, 3.63) is 12.7 Å². The van der Waals surface area contributed by atoms with Gasteiger partial charge in [-0.15, -0.1) is 18.0 Å². The Kier molecular flexibility index (Phi) is 7.68. The van der Waals surface area contributed by atoms with E-state index in [4.69, 9.17) is 9.47 Å². The molecule has 0 aromatic carbocycles. The number of ether oxygens (including phenoxy) is 2. The summed E-state index contributed by atoms with van der Waals surface area (Å²) >= 11 is 0. The zero-order valence-corrected chi connectivity index (χ0v) is 14.9. The van der Waals surface area contributed by atoms with Crippen LogP contribution in [0.2, 0.25) is 19.6 Å². The third-order valence-corrected chi connectivity index (χ3v) is 4.52. The Hall–Kier alpha value is -0.603. The SMILES string of the molecule is C=CC(O)[C@@H](C)[C@@H](CC#C[Si](C)(C)C)OC1CCCCO1. The normalized spacial score (nSPS) is 23.6. The second-order valence-corrected chi connectivity index (χ2v) is 11.6. The van der Waals surface area contributed by atoms with Crippen molar-refractivity contribution in [1.29, 1.82) is 0 Å². The molecule has 2 unspecified atom stereocenters. The Labute approximate surface area is 130 Å². The van der Waals surface area contributed by atoms with Crippen LogP contribution in [0.15, 0.2) is 12.7 Å². The second kappa shape index (κ2) is 8.75. The summed E-state index contributed by atoms with van der Waals surface area (Å²) in [6, 6.07) is 0. The molecule has 0 bridgehead atoms. The molecule has 1 fully saturated rings. The Morgan fingerprint density at radius 3 is 2.67 bits per heavy atom. The fourth-order valence-corrected chi connectivity index (χ4v) is 2.86. The molecule has 3 nitrogen and oxygen atoms in total. The largest absolute Gasteiger partial charge is 0.389 e. The summed E-state index contributed by atoms with van der Waals surface area (Å²) in [5.74, 6) is 3.22. The van der Waals surface area contributed by atoms with Gasteiger partial charge in [0.15, 0.2) is 6.29 Å². The van der Waals surface area contributed by atoms with Crippen LogP contribution in [0.4, 0.5) is 0 Å². The van der Waals surface area contributed by atoms with E-state index in [1.54, 1.807) is 6.08 Å². The van der Waals surface area contributed by atoms with Gasteiger partial charge in [-0.2, -0.15) is 0 Å². The van der Waals surface area contributed by atoms with Gasteiger partial charge in [0.05, 0.1) is 12.2 Å². The molecule has 4 atom stereocenters. The van der Waals surface area contributed by atoms with E-state index >= 15 is 0 Å². The maximum absolute atomic E-state index is 10.0. The summed E-state index contributed by atoms with van der Waals surface area (Å²) in [6.45, 7) is 13.1. The van der Waals surface area contributed by atoms with Gasteiger partial charge in [0, 0.05) is 18.9 Å². The first-order chi connectivity index (χ1) is 9.83. The first-order valence-electron chi connectivity index (χ1n) is 7.91. The van der Waals surface area contributed by atoms with E-state index in [0.717, 1.165) is 25.9 Å². The number of aliphatic hydroxyl groups excluding tert-OH is 1. The van der Waals surface area contributed by atoms with Crippen LogP contribution in [-0.2, 0) is 9.47 Å². The average molecular weight is 311 g/mol. The number of aliphatic hydroxyl groups is 1. The van der Waals surface area contributed by atoms with E-state index < -0.39 is 14.2 Å². The minimum absolute atomic E-state index is 0.0380. The van der Waals surface area contributed by atoms with Crippen LogP contribution in [0.25, 0.3) is 0 Å². The van der Waals surface area contributed by atoms with E-state index in [2.05, 4.69) is 37.7 Å². The van der Waals surface area contributed by atoms with Crippen molar-refractivity contribution in [3.8, 4) is 11.5 Å². The Balaban J connectivity index is 2.68. The van der Waals surface area contributed by atoms with Crippen molar-refractivity contribution < 1.29 is 14.6 Å². The minimum atomic E-state index is -1.38. The van der Waals surface area contributed by atoms with Gasteiger partial charge in [-0.3, -0.25) is 0 Å². The summed E-state index contributed by atoms with van der Waals surface area (Å²) in [5.41, 5.74) is 3.36. The Morgan fingerprint density at radius 1 is 1.43 bits per heavy atom. The molecule has 1 aliphatic rings. The van der Waals surface area contributed by atoms with Crippen molar-refractivity contribution in [2.45, 2.75) is 70.7 Å². The number of hydrogen-bond acceptors (Lipinski definition) is 3. The van der Waals surface area contributed by atoms with Gasteiger partial charge in [-0.05, 0) is 19.3 Å². The van der Waals surface area contributed by atoms with Gasteiger partial charge in [0.1, 0.15) is 8.07 Å². The van der Waals surface area contributed by atoms with E-state index in [1.165, 1.54) is 0 Å². The molecule has 1 heterocycles. The molecule has 0 spiro atoms. The van der Waals surface area contributed by atoms with Crippen LogP contribution >= 0.6 is 0 Å². The molecule has 0 amide bonds. The van der Waals surface area contributed by atoms with Crippen molar-refractivity contribution in [1.82, 2.24) is 0 Å². The van der Waals surface area contributed by atoms with Crippen molar-refractivity contribution in [2.24, 2.45) is 5.92 Å². The highest BCUT2D eigenvalue weighted by atomic mass is 28.3. The zero-order valence-electron chi connectivity index (χ0n) is 13.9. The standard InChI is InChI=1S/C17H30O3Si/c1-6-15(18)14(2)16(10-9-13-21(3,4)5)20-17-11-7-8-12-19-17/h6,14-18H,1,7-8,10-12H2,2-5H3/t14-,15?,16-,17?/m1/s1. The van der Waals surface area contributed by atoms with Crippen LogP contribution in [-0.4, -0.2) is 38.3 Å². The summed E-state index contributed by atoms with van der Waals surface area (Å²) in [6.07, 6.45) is 4.51. The lowest BCUT2D eigenvalue weighted by molar-refractivity contribution is -0.200. The molecule has 0 saturated carbocycles. The summed E-state index contributed by atoms with van der Waals surface area (Å²) < 4.78 is 11.7. The van der Waals surface area contributed by atoms with Gasteiger partial charge >= 0.3 is 0 Å². The molecule has 1 saturated heterocycles. The molecule has 1 N–H and O–H groups in total. The van der Waals surface area contributed by atoms with Gasteiger partial charge in [-0.1, -0.05) is 32.6 Å². The van der Waals surface area contributed by atoms with Crippen LogP contribution in [0, 0.1) is 17.4 Å². The topological polar surface area (TPSA) is 38.7 Å². The molecule has 120 valence electrons. The zero-order chi connectivity index (χ0) is 15.9. The molecule has 0 aromatic rings. The van der Waals surface area contributed by atoms with Crippen molar-refractivity contribution >= 4 is 8.07 Å². The van der Waals surface area contributed by atoms with Gasteiger partial charge in [-0.25, -0.2) is 0 Å². The average Bonchev–Trinajstić information content (AvgIpc) is 2.44. The summed E-state index contributed by atoms with van der Waals surface area (Å²) in [7, 11) is -1.38. The van der Waals surface area contributed by atoms with Crippen molar-refractivity contribution in [2.75, 3.05) is 6.61 Å². The van der Waals surface area contributed by atoms with Crippen molar-refractivity contribution in [3.63, 3.8) is 0 Å². The Morgan fingerprint density at radius 2 is 2.14 bits per heavy atom. The molecule has 0 aliphatic carbocycles. The van der Waals surface area contributed by atoms with Crippen LogP contribution in [0.5, 0.6) is 0 Å². The fourth-order valence-electron chi connectivity index (χ4n) is 2.22. The molecule has 1 rings (SSSR count). The predicted molar refractivity (Wildman–Crippen MR) is 89.6 cm³/mol. The van der Waals surface area contributed by atoms with E-state index in [9.17, 15) is 5.11 Å². The highest BCUT2D eigenvalue weighted by Gasteiger charge is 2.27. The lowest BCUT2D eigenvalue weighted by atomic mass is 9.95. The molecular weight excluding hydrogens is 280 g/mol. The molecule has 1 aliphatic heterocycles. The number of rotatable bonds is 6. The predicted octanol–water partition coefficient (Wildman–Crippen LogP) is 3.35. The van der Waals surface area contributed by atoms with E-state index in [0.29, 0.717) is 6.42 Å². The summed E-state index contributed by atoms with van der Waals surface area (Å²) in [5, 5.41) is 10.0.